The van der Waals surface area contributed by atoms with Gasteiger partial charge in [0.25, 0.3) is 0 Å². The lowest BCUT2D eigenvalue weighted by Gasteiger charge is -2.26. The molecule has 1 unspecified atom stereocenters. The first-order valence-electron chi connectivity index (χ1n) is 7.54. The monoisotopic (exact) mass is 352 g/mol. The minimum atomic E-state index is -3.44. The molecule has 0 bridgehead atoms. The summed E-state index contributed by atoms with van der Waals surface area (Å²) in [5.41, 5.74) is 0. The normalized spacial score (nSPS) is 18.0. The standard InChI is InChI=1S/C16H20N2O5S/c1-3-16(20)18(4-2)10-15(19)17-9-12-11-24(21,22)14-8-6-5-7-13(14)23-12/h3,5-8,12H,1,4,9-11H2,2H3,(H,17,19). The summed E-state index contributed by atoms with van der Waals surface area (Å²) in [7, 11) is -3.44. The number of benzene rings is 1. The van der Waals surface area contributed by atoms with Crippen LogP contribution >= 0.6 is 0 Å². The van der Waals surface area contributed by atoms with Crippen LogP contribution in [0.4, 0.5) is 0 Å². The van der Waals surface area contributed by atoms with Crippen molar-refractivity contribution in [3.8, 4) is 5.75 Å². The van der Waals surface area contributed by atoms with Gasteiger partial charge in [-0.1, -0.05) is 18.7 Å². The first-order chi connectivity index (χ1) is 11.4. The third kappa shape index (κ3) is 4.14. The van der Waals surface area contributed by atoms with Crippen molar-refractivity contribution in [2.24, 2.45) is 0 Å². The fourth-order valence-electron chi connectivity index (χ4n) is 2.38. The predicted molar refractivity (Wildman–Crippen MR) is 88.4 cm³/mol. The van der Waals surface area contributed by atoms with Gasteiger partial charge in [-0.3, -0.25) is 9.59 Å². The summed E-state index contributed by atoms with van der Waals surface area (Å²) in [6.45, 7) is 5.45. The molecule has 1 aliphatic rings. The number of hydrogen-bond donors (Lipinski definition) is 1. The second kappa shape index (κ2) is 7.48. The van der Waals surface area contributed by atoms with Crippen LogP contribution in [0.25, 0.3) is 0 Å². The Morgan fingerprint density at radius 2 is 2.12 bits per heavy atom. The van der Waals surface area contributed by atoms with E-state index in [0.717, 1.165) is 6.08 Å². The number of likely N-dealkylation sites (N-methyl/N-ethyl adjacent to an activating group) is 1. The Hall–Kier alpha value is -2.35. The van der Waals surface area contributed by atoms with Crippen molar-refractivity contribution in [2.45, 2.75) is 17.9 Å². The van der Waals surface area contributed by atoms with Crippen LogP contribution in [0, 0.1) is 0 Å². The number of carbonyl (C=O) groups excluding carboxylic acids is 2. The molecule has 1 aromatic rings. The first-order valence-corrected chi connectivity index (χ1v) is 9.19. The molecule has 0 saturated carbocycles. The van der Waals surface area contributed by atoms with E-state index < -0.39 is 15.9 Å². The number of carbonyl (C=O) groups is 2. The topological polar surface area (TPSA) is 92.8 Å². The van der Waals surface area contributed by atoms with Crippen LogP contribution in [0.3, 0.4) is 0 Å². The Labute approximate surface area is 141 Å². The highest BCUT2D eigenvalue weighted by Gasteiger charge is 2.31. The van der Waals surface area contributed by atoms with Crippen LogP contribution < -0.4 is 10.1 Å². The number of ether oxygens (including phenoxy) is 1. The van der Waals surface area contributed by atoms with E-state index in [9.17, 15) is 18.0 Å². The number of nitrogens with zero attached hydrogens (tertiary/aromatic N) is 1. The van der Waals surface area contributed by atoms with Crippen molar-refractivity contribution in [3.63, 3.8) is 0 Å². The van der Waals surface area contributed by atoms with Crippen molar-refractivity contribution in [1.82, 2.24) is 10.2 Å². The molecule has 130 valence electrons. The third-order valence-corrected chi connectivity index (χ3v) is 5.43. The largest absolute Gasteiger partial charge is 0.486 e. The van der Waals surface area contributed by atoms with E-state index in [1.54, 1.807) is 25.1 Å². The molecule has 0 saturated heterocycles. The Balaban J connectivity index is 1.95. The third-order valence-electron chi connectivity index (χ3n) is 3.61. The van der Waals surface area contributed by atoms with Crippen molar-refractivity contribution in [3.05, 3.63) is 36.9 Å². The summed E-state index contributed by atoms with van der Waals surface area (Å²) in [6, 6.07) is 6.41. The van der Waals surface area contributed by atoms with Gasteiger partial charge in [0.1, 0.15) is 16.7 Å². The molecule has 8 heteroatoms. The Morgan fingerprint density at radius 1 is 1.42 bits per heavy atom. The number of nitrogens with one attached hydrogen (secondary N) is 1. The van der Waals surface area contributed by atoms with Gasteiger partial charge in [0.05, 0.1) is 18.8 Å². The number of amides is 2. The zero-order chi connectivity index (χ0) is 17.7. The molecule has 0 radical (unpaired) electrons. The van der Waals surface area contributed by atoms with E-state index in [2.05, 4.69) is 11.9 Å². The van der Waals surface area contributed by atoms with Gasteiger partial charge in [0.15, 0.2) is 9.84 Å². The number of fused-ring (bicyclic) bond motifs is 1. The molecule has 0 aromatic heterocycles. The summed E-state index contributed by atoms with van der Waals surface area (Å²) < 4.78 is 30.1. The van der Waals surface area contributed by atoms with E-state index in [1.807, 2.05) is 0 Å². The van der Waals surface area contributed by atoms with Crippen LogP contribution in [-0.4, -0.2) is 56.6 Å². The van der Waals surface area contributed by atoms with E-state index in [1.165, 1.54) is 11.0 Å². The minimum Gasteiger partial charge on any atom is -0.486 e. The van der Waals surface area contributed by atoms with Crippen LogP contribution in [-0.2, 0) is 19.4 Å². The molecule has 2 rings (SSSR count). The van der Waals surface area contributed by atoms with Crippen molar-refractivity contribution < 1.29 is 22.7 Å². The molecule has 1 N–H and O–H groups in total. The summed E-state index contributed by atoms with van der Waals surface area (Å²) in [6.07, 6.45) is 0.476. The van der Waals surface area contributed by atoms with Crippen molar-refractivity contribution in [2.75, 3.05) is 25.4 Å². The maximum Gasteiger partial charge on any atom is 0.246 e. The van der Waals surface area contributed by atoms with E-state index in [0.29, 0.717) is 12.3 Å². The number of sulfone groups is 1. The molecule has 1 heterocycles. The fourth-order valence-corrected chi connectivity index (χ4v) is 3.95. The van der Waals surface area contributed by atoms with Crippen LogP contribution in [0.1, 0.15) is 6.92 Å². The van der Waals surface area contributed by atoms with Crippen molar-refractivity contribution >= 4 is 21.7 Å². The number of para-hydroxylation sites is 1. The second-order valence-electron chi connectivity index (χ2n) is 5.33. The molecule has 24 heavy (non-hydrogen) atoms. The maximum atomic E-state index is 12.2. The molecular weight excluding hydrogens is 332 g/mol. The number of rotatable bonds is 6. The zero-order valence-corrected chi connectivity index (χ0v) is 14.2. The predicted octanol–water partition coefficient (Wildman–Crippen LogP) is 0.372. The lowest BCUT2D eigenvalue weighted by atomic mass is 10.3. The highest BCUT2D eigenvalue weighted by atomic mass is 32.2. The molecule has 0 spiro atoms. The SMILES string of the molecule is C=CC(=O)N(CC)CC(=O)NCC1CS(=O)(=O)c2ccccc2O1. The van der Waals surface area contributed by atoms with Gasteiger partial charge in [-0.15, -0.1) is 0 Å². The van der Waals surface area contributed by atoms with Gasteiger partial charge < -0.3 is 15.0 Å². The smallest absolute Gasteiger partial charge is 0.246 e. The van der Waals surface area contributed by atoms with Gasteiger partial charge in [0.2, 0.25) is 11.8 Å². The van der Waals surface area contributed by atoms with E-state index >= 15 is 0 Å². The van der Waals surface area contributed by atoms with Gasteiger partial charge in [-0.05, 0) is 25.1 Å². The minimum absolute atomic E-state index is 0.0478. The average Bonchev–Trinajstić information content (AvgIpc) is 2.56. The first kappa shape index (κ1) is 18.0. The van der Waals surface area contributed by atoms with Gasteiger partial charge in [0, 0.05) is 6.54 Å². The maximum absolute atomic E-state index is 12.2. The highest BCUT2D eigenvalue weighted by Crippen LogP contribution is 2.30. The Morgan fingerprint density at radius 3 is 2.79 bits per heavy atom. The van der Waals surface area contributed by atoms with E-state index in [4.69, 9.17) is 4.74 Å². The van der Waals surface area contributed by atoms with Gasteiger partial charge in [-0.25, -0.2) is 8.42 Å². The molecule has 1 aromatic carbocycles. The lowest BCUT2D eigenvalue weighted by Crippen LogP contribution is -2.45. The van der Waals surface area contributed by atoms with Crippen molar-refractivity contribution in [1.29, 1.82) is 0 Å². The van der Waals surface area contributed by atoms with Crippen LogP contribution in [0.15, 0.2) is 41.8 Å². The molecule has 0 aliphatic carbocycles. The second-order valence-corrected chi connectivity index (χ2v) is 7.33. The highest BCUT2D eigenvalue weighted by molar-refractivity contribution is 7.91. The summed E-state index contributed by atoms with van der Waals surface area (Å²) in [4.78, 5) is 25.0. The Kier molecular flexibility index (Phi) is 5.61. The molecule has 2 amide bonds. The van der Waals surface area contributed by atoms with Crippen LogP contribution in [0.2, 0.25) is 0 Å². The summed E-state index contributed by atoms with van der Waals surface area (Å²) in [5, 5.41) is 2.61. The summed E-state index contributed by atoms with van der Waals surface area (Å²) in [5.74, 6) is -0.627. The lowest BCUT2D eigenvalue weighted by molar-refractivity contribution is -0.132. The molecule has 0 fully saturated rings. The molecular formula is C16H20N2O5S. The summed E-state index contributed by atoms with van der Waals surface area (Å²) >= 11 is 0. The molecule has 1 atom stereocenters. The average molecular weight is 352 g/mol. The van der Waals surface area contributed by atoms with Gasteiger partial charge >= 0.3 is 0 Å². The van der Waals surface area contributed by atoms with E-state index in [-0.39, 0.29) is 35.6 Å². The quantitative estimate of drug-likeness (QED) is 0.747. The van der Waals surface area contributed by atoms with Crippen LogP contribution in [0.5, 0.6) is 5.75 Å². The Bertz CT molecular complexity index is 745. The zero-order valence-electron chi connectivity index (χ0n) is 13.4. The van der Waals surface area contributed by atoms with Gasteiger partial charge in [-0.2, -0.15) is 0 Å². The number of hydrogen-bond acceptors (Lipinski definition) is 5. The molecule has 7 nitrogen and oxygen atoms in total. The molecule has 1 aliphatic heterocycles. The fraction of sp³-hybridized carbons (Fsp3) is 0.375.